The van der Waals surface area contributed by atoms with Crippen LogP contribution < -0.4 is 9.64 Å². The molecule has 0 spiro atoms. The summed E-state index contributed by atoms with van der Waals surface area (Å²) in [6.45, 7) is 21.6. The first-order chi connectivity index (χ1) is 26.1. The third-order valence-electron chi connectivity index (χ3n) is 11.8. The summed E-state index contributed by atoms with van der Waals surface area (Å²) in [5.41, 5.74) is 11.3. The van der Waals surface area contributed by atoms with Gasteiger partial charge in [0, 0.05) is 6.20 Å². The fourth-order valence-electron chi connectivity index (χ4n) is 8.58. The Labute approximate surface area is 338 Å². The van der Waals surface area contributed by atoms with E-state index in [0.29, 0.717) is 11.8 Å². The Balaban J connectivity index is 1.19. The summed E-state index contributed by atoms with van der Waals surface area (Å²) in [7, 11) is 0. The molecule has 3 heterocycles. The van der Waals surface area contributed by atoms with E-state index in [1.54, 1.807) is 0 Å². The quantitative estimate of drug-likeness (QED) is 0.173. The molecule has 0 N–H and O–H groups in total. The summed E-state index contributed by atoms with van der Waals surface area (Å²) in [5, 5.41) is 0. The van der Waals surface area contributed by atoms with Crippen LogP contribution in [0.2, 0.25) is 0 Å². The van der Waals surface area contributed by atoms with Gasteiger partial charge in [-0.2, -0.15) is 0 Å². The van der Waals surface area contributed by atoms with Crippen molar-refractivity contribution >= 4 is 22.5 Å². The molecular formula is C49H56N4OPt. The maximum absolute atomic E-state index is 6.79. The number of anilines is 2. The van der Waals surface area contributed by atoms with Crippen molar-refractivity contribution in [3.63, 3.8) is 0 Å². The Morgan fingerprint density at radius 2 is 1.25 bits per heavy atom. The van der Waals surface area contributed by atoms with Gasteiger partial charge in [0.15, 0.2) is 0 Å². The van der Waals surface area contributed by atoms with E-state index in [1.807, 2.05) is 6.20 Å². The topological polar surface area (TPSA) is 35.2 Å². The van der Waals surface area contributed by atoms with Crippen molar-refractivity contribution < 1.29 is 24.1 Å². The first-order valence-corrected chi connectivity index (χ1v) is 21.2. The summed E-state index contributed by atoms with van der Waals surface area (Å²) < 4.78 is 12.7. The third-order valence-corrected chi connectivity index (χ3v) is 12.8. The van der Waals surface area contributed by atoms with Crippen molar-refractivity contribution in [3.8, 4) is 22.9 Å². The van der Waals surface area contributed by atoms with E-state index < -0.39 is 0 Å². The average molecular weight is 912 g/mol. The Bertz CT molecular complexity index is 2420. The molecule has 6 aromatic rings. The molecule has 1 saturated carbocycles. The minimum absolute atomic E-state index is 0.0189. The van der Waals surface area contributed by atoms with E-state index in [0.717, 1.165) is 38.9 Å². The van der Waals surface area contributed by atoms with Gasteiger partial charge < -0.3 is 0 Å². The monoisotopic (exact) mass is 911 g/mol. The van der Waals surface area contributed by atoms with Gasteiger partial charge in [0.25, 0.3) is 0 Å². The van der Waals surface area contributed by atoms with Crippen LogP contribution in [-0.4, -0.2) is 20.7 Å². The second-order valence-electron chi connectivity index (χ2n) is 18.9. The molecule has 2 unspecified atom stereocenters. The molecule has 1 aliphatic heterocycles. The Hall–Kier alpha value is -4.21. The number of rotatable bonds is 5. The van der Waals surface area contributed by atoms with Crippen molar-refractivity contribution in [2.75, 3.05) is 11.4 Å². The van der Waals surface area contributed by atoms with Crippen molar-refractivity contribution in [2.45, 2.75) is 110 Å². The van der Waals surface area contributed by atoms with Crippen LogP contribution in [0.5, 0.6) is 11.5 Å². The van der Waals surface area contributed by atoms with Gasteiger partial charge in [0.1, 0.15) is 0 Å². The van der Waals surface area contributed by atoms with Crippen LogP contribution in [0.3, 0.4) is 0 Å². The molecule has 6 heteroatoms. The van der Waals surface area contributed by atoms with Crippen molar-refractivity contribution in [1.82, 2.24) is 14.1 Å². The fourth-order valence-corrected chi connectivity index (χ4v) is 9.72. The van der Waals surface area contributed by atoms with Gasteiger partial charge in [-0.25, -0.2) is 0 Å². The van der Waals surface area contributed by atoms with Crippen LogP contribution in [0.25, 0.3) is 22.4 Å². The summed E-state index contributed by atoms with van der Waals surface area (Å²) >= 11 is 2.51. The number of hydrogen-bond acceptors (Lipinski definition) is 3. The molecule has 2 atom stereocenters. The van der Waals surface area contributed by atoms with Crippen LogP contribution in [0.1, 0.15) is 116 Å². The average Bonchev–Trinajstić information content (AvgIpc) is 3.44. The molecule has 0 saturated heterocycles. The molecule has 8 rings (SSSR count). The van der Waals surface area contributed by atoms with E-state index in [2.05, 4.69) is 193 Å². The molecule has 4 aromatic carbocycles. The first-order valence-electron chi connectivity index (χ1n) is 20.1. The number of benzene rings is 4. The molecule has 1 fully saturated rings. The predicted molar refractivity (Wildman–Crippen MR) is 224 cm³/mol. The molecule has 55 heavy (non-hydrogen) atoms. The number of para-hydroxylation sites is 2. The van der Waals surface area contributed by atoms with Gasteiger partial charge >= 0.3 is 277 Å². The normalized spacial score (nSPS) is 17.6. The third kappa shape index (κ3) is 7.30. The number of ether oxygens (including phenoxy) is 1. The number of nitrogens with zero attached hydrogens (tertiary/aromatic N) is 4. The first kappa shape index (κ1) is 37.7. The molecule has 2 aliphatic rings. The molecule has 5 nitrogen and oxygen atoms in total. The van der Waals surface area contributed by atoms with Gasteiger partial charge in [-0.15, -0.1) is 0 Å². The Kier molecular flexibility index (Phi) is 9.64. The SMILES string of the molecule is CC(C)(C)c1cc(-n2[c](=[Pt])n(-c3cccc(Oc4ccc5c(c4)N(c4cc(C(C)(C)C)ccn4)CC4CCCCC54)c3)c3ccccc32)cc(C(C)(C)C)c1. The van der Waals surface area contributed by atoms with Crippen LogP contribution >= 0.6 is 0 Å². The number of imidazole rings is 1. The van der Waals surface area contributed by atoms with Crippen molar-refractivity contribution in [2.24, 2.45) is 5.92 Å². The zero-order valence-corrected chi connectivity index (χ0v) is 36.3. The van der Waals surface area contributed by atoms with Gasteiger partial charge in [-0.1, -0.05) is 33.6 Å². The molecule has 0 amide bonds. The van der Waals surface area contributed by atoms with E-state index in [9.17, 15) is 0 Å². The van der Waals surface area contributed by atoms with Crippen LogP contribution in [0.4, 0.5) is 11.5 Å². The van der Waals surface area contributed by atoms with E-state index >= 15 is 0 Å². The van der Waals surface area contributed by atoms with Crippen LogP contribution in [-0.2, 0) is 35.6 Å². The van der Waals surface area contributed by atoms with Gasteiger partial charge in [0.05, 0.1) is 0 Å². The van der Waals surface area contributed by atoms with E-state index in [1.165, 1.54) is 64.8 Å². The number of hydrogen-bond donors (Lipinski definition) is 0. The molecule has 0 radical (unpaired) electrons. The maximum atomic E-state index is 6.79. The summed E-state index contributed by atoms with van der Waals surface area (Å²) in [6, 6.07) is 35.6. The molecule has 288 valence electrons. The molecule has 0 bridgehead atoms. The van der Waals surface area contributed by atoms with Gasteiger partial charge in [-0.05, 0) is 23.5 Å². The van der Waals surface area contributed by atoms with E-state index in [-0.39, 0.29) is 16.2 Å². The van der Waals surface area contributed by atoms with E-state index in [4.69, 9.17) is 9.72 Å². The van der Waals surface area contributed by atoms with Gasteiger partial charge in [-0.3, -0.25) is 0 Å². The fraction of sp³-hybridized carbons (Fsp3) is 0.388. The second-order valence-corrected chi connectivity index (χ2v) is 19.9. The van der Waals surface area contributed by atoms with Crippen LogP contribution in [0.15, 0.2) is 103 Å². The molecule has 2 aromatic heterocycles. The zero-order chi connectivity index (χ0) is 38.9. The number of pyridine rings is 1. The van der Waals surface area contributed by atoms with Crippen molar-refractivity contribution in [3.05, 3.63) is 129 Å². The number of aromatic nitrogens is 3. The minimum atomic E-state index is 0.0189. The Morgan fingerprint density at radius 1 is 0.618 bits per heavy atom. The summed E-state index contributed by atoms with van der Waals surface area (Å²) in [4.78, 5) is 7.41. The standard InChI is InChI=1S/C49H56N4O.Pt/c1-47(2,3)34-23-24-50-46(28-34)51-31-33-15-10-11-18-41(33)42-22-21-40(30-45(42)51)54-39-17-14-16-37(29-39)52-32-53(44-20-13-12-19-43(44)52)38-26-35(48(4,5)6)25-36(27-38)49(7,8)9;/h12-14,16-17,19-30,33,41H,10-11,15,18,31H2,1-9H3;. The van der Waals surface area contributed by atoms with Crippen molar-refractivity contribution in [1.29, 1.82) is 0 Å². The summed E-state index contributed by atoms with van der Waals surface area (Å²) in [6.07, 6.45) is 7.13. The van der Waals surface area contributed by atoms with Gasteiger partial charge in [0.2, 0.25) is 0 Å². The second kappa shape index (κ2) is 14.1. The molecule has 1 aliphatic carbocycles. The van der Waals surface area contributed by atoms with Crippen LogP contribution in [0, 0.1) is 9.72 Å². The predicted octanol–water partition coefficient (Wildman–Crippen LogP) is 13.0. The number of fused-ring (bicyclic) bond motifs is 4. The zero-order valence-electron chi connectivity index (χ0n) is 34.0. The Morgan fingerprint density at radius 3 is 1.93 bits per heavy atom. The summed E-state index contributed by atoms with van der Waals surface area (Å²) in [5.74, 6) is 3.92. The molecular weight excluding hydrogens is 856 g/mol.